The van der Waals surface area contributed by atoms with Gasteiger partial charge in [-0.25, -0.2) is 4.98 Å². The average Bonchev–Trinajstić information content (AvgIpc) is 2.27. The lowest BCUT2D eigenvalue weighted by atomic mass is 10.2. The third-order valence-electron chi connectivity index (χ3n) is 2.50. The first-order chi connectivity index (χ1) is 8.56. The van der Waals surface area contributed by atoms with Gasteiger partial charge in [0.2, 0.25) is 0 Å². The number of anilines is 1. The summed E-state index contributed by atoms with van der Waals surface area (Å²) in [5, 5.41) is 4.73. The topological polar surface area (TPSA) is 24.9 Å². The van der Waals surface area contributed by atoms with Crippen LogP contribution in [0.2, 0.25) is 15.3 Å². The third kappa shape index (κ3) is 3.29. The van der Waals surface area contributed by atoms with Gasteiger partial charge in [0, 0.05) is 11.6 Å². The second kappa shape index (κ2) is 5.79. The third-order valence-corrected chi connectivity index (χ3v) is 3.20. The lowest BCUT2D eigenvalue weighted by Gasteiger charge is -2.11. The van der Waals surface area contributed by atoms with Crippen molar-refractivity contribution < 1.29 is 0 Å². The van der Waals surface area contributed by atoms with Crippen LogP contribution in [0.15, 0.2) is 30.3 Å². The van der Waals surface area contributed by atoms with Crippen LogP contribution in [0.1, 0.15) is 11.1 Å². The van der Waals surface area contributed by atoms with E-state index in [1.165, 1.54) is 0 Å². The number of hydrogen-bond acceptors (Lipinski definition) is 2. The summed E-state index contributed by atoms with van der Waals surface area (Å²) >= 11 is 17.8. The Bertz CT molecular complexity index is 547. The first kappa shape index (κ1) is 13.5. The van der Waals surface area contributed by atoms with Crippen LogP contribution in [0, 0.1) is 6.92 Å². The molecule has 1 aromatic carbocycles. The molecule has 0 saturated heterocycles. The predicted octanol–water partition coefficient (Wildman–Crippen LogP) is 4.96. The molecule has 0 fully saturated rings. The summed E-state index contributed by atoms with van der Waals surface area (Å²) in [6.45, 7) is 2.56. The zero-order valence-electron chi connectivity index (χ0n) is 9.67. The molecule has 2 rings (SSSR count). The second-order valence-corrected chi connectivity index (χ2v) is 5.09. The summed E-state index contributed by atoms with van der Waals surface area (Å²) < 4.78 is 0. The van der Waals surface area contributed by atoms with Crippen LogP contribution in [0.3, 0.4) is 0 Å². The van der Waals surface area contributed by atoms with Gasteiger partial charge in [-0.1, -0.05) is 46.9 Å². The molecule has 0 spiro atoms. The summed E-state index contributed by atoms with van der Waals surface area (Å²) in [5.74, 6) is 0. The summed E-state index contributed by atoms with van der Waals surface area (Å²) in [5.41, 5.74) is 2.83. The van der Waals surface area contributed by atoms with E-state index in [0.29, 0.717) is 21.9 Å². The van der Waals surface area contributed by atoms with Gasteiger partial charge in [0.25, 0.3) is 0 Å². The molecule has 0 saturated carbocycles. The van der Waals surface area contributed by atoms with E-state index >= 15 is 0 Å². The van der Waals surface area contributed by atoms with Crippen LogP contribution in [-0.2, 0) is 6.54 Å². The molecule has 0 aliphatic rings. The molecule has 0 bridgehead atoms. The zero-order valence-corrected chi connectivity index (χ0v) is 11.9. The summed E-state index contributed by atoms with van der Waals surface area (Å²) in [4.78, 5) is 4.01. The summed E-state index contributed by atoms with van der Waals surface area (Å²) in [6.07, 6.45) is 0. The van der Waals surface area contributed by atoms with Gasteiger partial charge in [0.1, 0.15) is 5.15 Å². The number of nitrogens with zero attached hydrogens (tertiary/aromatic N) is 1. The number of hydrogen-bond donors (Lipinski definition) is 1. The van der Waals surface area contributed by atoms with Crippen molar-refractivity contribution in [2.24, 2.45) is 0 Å². The van der Waals surface area contributed by atoms with Crippen LogP contribution in [0.25, 0.3) is 0 Å². The smallest absolute Gasteiger partial charge is 0.154 e. The Morgan fingerprint density at radius 1 is 1.17 bits per heavy atom. The van der Waals surface area contributed by atoms with Crippen molar-refractivity contribution in [3.8, 4) is 0 Å². The van der Waals surface area contributed by atoms with E-state index in [9.17, 15) is 0 Å². The molecule has 0 aliphatic carbocycles. The highest BCUT2D eigenvalue weighted by Gasteiger charge is 2.07. The molecule has 0 aliphatic heterocycles. The van der Waals surface area contributed by atoms with Gasteiger partial charge in [-0.2, -0.15) is 0 Å². The quantitative estimate of drug-likeness (QED) is 0.810. The Balaban J connectivity index is 2.16. The lowest BCUT2D eigenvalue weighted by Crippen LogP contribution is -2.02. The Hall–Kier alpha value is -0.960. The van der Waals surface area contributed by atoms with Crippen molar-refractivity contribution >= 4 is 40.5 Å². The van der Waals surface area contributed by atoms with Crippen LogP contribution < -0.4 is 5.32 Å². The number of aromatic nitrogens is 1. The molecule has 0 unspecified atom stereocenters. The van der Waals surface area contributed by atoms with E-state index in [0.717, 1.165) is 16.8 Å². The van der Waals surface area contributed by atoms with E-state index in [-0.39, 0.29) is 0 Å². The van der Waals surface area contributed by atoms with Crippen LogP contribution >= 0.6 is 34.8 Å². The van der Waals surface area contributed by atoms with Gasteiger partial charge in [-0.05, 0) is 36.2 Å². The Kier molecular flexibility index (Phi) is 4.33. The average molecular weight is 302 g/mol. The van der Waals surface area contributed by atoms with E-state index < -0.39 is 0 Å². The van der Waals surface area contributed by atoms with Crippen molar-refractivity contribution in [3.63, 3.8) is 0 Å². The van der Waals surface area contributed by atoms with Crippen molar-refractivity contribution in [3.05, 3.63) is 56.8 Å². The fraction of sp³-hybridized carbons (Fsp3) is 0.154. The number of aryl methyl sites for hydroxylation is 1. The lowest BCUT2D eigenvalue weighted by molar-refractivity contribution is 1.12. The minimum absolute atomic E-state index is 0.377. The minimum Gasteiger partial charge on any atom is -0.378 e. The first-order valence-electron chi connectivity index (χ1n) is 5.37. The van der Waals surface area contributed by atoms with Gasteiger partial charge in [0.15, 0.2) is 5.15 Å². The standard InChI is InChI=1S/C13H11Cl3N2/c1-8-5-11(15)18-13(16)12(8)17-7-9-3-2-4-10(14)6-9/h2-6,17H,7H2,1H3. The number of halogens is 3. The maximum atomic E-state index is 6.05. The van der Waals surface area contributed by atoms with Crippen molar-refractivity contribution in [1.82, 2.24) is 4.98 Å². The van der Waals surface area contributed by atoms with Crippen molar-refractivity contribution in [1.29, 1.82) is 0 Å². The number of benzene rings is 1. The van der Waals surface area contributed by atoms with Gasteiger partial charge in [0.05, 0.1) is 5.69 Å². The molecule has 18 heavy (non-hydrogen) atoms. The number of pyridine rings is 1. The van der Waals surface area contributed by atoms with Gasteiger partial charge < -0.3 is 5.32 Å². The van der Waals surface area contributed by atoms with Crippen LogP contribution in [-0.4, -0.2) is 4.98 Å². The molecule has 0 amide bonds. The maximum absolute atomic E-state index is 6.05. The molecule has 0 atom stereocenters. The van der Waals surface area contributed by atoms with Crippen molar-refractivity contribution in [2.45, 2.75) is 13.5 Å². The highest BCUT2D eigenvalue weighted by atomic mass is 35.5. The Morgan fingerprint density at radius 2 is 1.94 bits per heavy atom. The molecule has 1 N–H and O–H groups in total. The van der Waals surface area contributed by atoms with Crippen molar-refractivity contribution in [2.75, 3.05) is 5.32 Å². The number of rotatable bonds is 3. The SMILES string of the molecule is Cc1cc(Cl)nc(Cl)c1NCc1cccc(Cl)c1. The molecule has 0 radical (unpaired) electrons. The summed E-state index contributed by atoms with van der Waals surface area (Å²) in [7, 11) is 0. The largest absolute Gasteiger partial charge is 0.378 e. The molecule has 1 heterocycles. The fourth-order valence-electron chi connectivity index (χ4n) is 1.65. The molecule has 2 nitrogen and oxygen atoms in total. The number of nitrogens with one attached hydrogen (secondary N) is 1. The van der Waals surface area contributed by atoms with E-state index in [2.05, 4.69) is 10.3 Å². The fourth-order valence-corrected chi connectivity index (χ4v) is 2.46. The first-order valence-corrected chi connectivity index (χ1v) is 6.50. The molecular weight excluding hydrogens is 291 g/mol. The maximum Gasteiger partial charge on any atom is 0.154 e. The Morgan fingerprint density at radius 3 is 2.61 bits per heavy atom. The molecule has 94 valence electrons. The molecule has 2 aromatic rings. The molecule has 1 aromatic heterocycles. The Labute approximate surface area is 121 Å². The van der Waals surface area contributed by atoms with E-state index in [4.69, 9.17) is 34.8 Å². The minimum atomic E-state index is 0.377. The van der Waals surface area contributed by atoms with E-state index in [1.807, 2.05) is 31.2 Å². The highest BCUT2D eigenvalue weighted by Crippen LogP contribution is 2.27. The van der Waals surface area contributed by atoms with E-state index in [1.54, 1.807) is 6.07 Å². The predicted molar refractivity (Wildman–Crippen MR) is 77.8 cm³/mol. The van der Waals surface area contributed by atoms with Gasteiger partial charge >= 0.3 is 0 Å². The highest BCUT2D eigenvalue weighted by molar-refractivity contribution is 6.34. The van der Waals surface area contributed by atoms with Crippen LogP contribution in [0.5, 0.6) is 0 Å². The zero-order chi connectivity index (χ0) is 13.1. The summed E-state index contributed by atoms with van der Waals surface area (Å²) in [6, 6.07) is 9.42. The monoisotopic (exact) mass is 300 g/mol. The van der Waals surface area contributed by atoms with Gasteiger partial charge in [-0.3, -0.25) is 0 Å². The molecule has 5 heteroatoms. The molecular formula is C13H11Cl3N2. The van der Waals surface area contributed by atoms with Gasteiger partial charge in [-0.15, -0.1) is 0 Å². The normalized spacial score (nSPS) is 10.4. The second-order valence-electron chi connectivity index (χ2n) is 3.91. The van der Waals surface area contributed by atoms with Crippen LogP contribution in [0.4, 0.5) is 5.69 Å².